The lowest BCUT2D eigenvalue weighted by molar-refractivity contribution is -0.00876. The van der Waals surface area contributed by atoms with Crippen molar-refractivity contribution in [2.75, 3.05) is 57.3 Å². The van der Waals surface area contributed by atoms with Crippen molar-refractivity contribution in [1.29, 1.82) is 10.5 Å². The van der Waals surface area contributed by atoms with Gasteiger partial charge in [-0.3, -0.25) is 4.90 Å². The Morgan fingerprint density at radius 1 is 0.609 bits per heavy atom. The molecule has 1 N–H and O–H groups in total. The normalized spacial score (nSPS) is 18.9. The van der Waals surface area contributed by atoms with Gasteiger partial charge in [0.15, 0.2) is 0 Å². The molecular weight excluding hydrogens is 1000 g/mol. The van der Waals surface area contributed by atoms with Crippen molar-refractivity contribution in [1.82, 2.24) is 49.4 Å². The van der Waals surface area contributed by atoms with E-state index in [1.165, 1.54) is 18.4 Å². The van der Waals surface area contributed by atoms with E-state index in [4.69, 9.17) is 19.2 Å². The van der Waals surface area contributed by atoms with Crippen LogP contribution in [-0.2, 0) is 6.54 Å². The van der Waals surface area contributed by atoms with Crippen LogP contribution in [0, 0.1) is 22.7 Å². The fourth-order valence-electron chi connectivity index (χ4n) is 9.52. The van der Waals surface area contributed by atoms with Crippen LogP contribution in [0.2, 0.25) is 0 Å². The highest BCUT2D eigenvalue weighted by molar-refractivity contribution is 9.10. The molecule has 0 radical (unpaired) electrons. The summed E-state index contributed by atoms with van der Waals surface area (Å²) in [7, 11) is 4.82. The monoisotopic (exact) mass is 1050 g/mol. The summed E-state index contributed by atoms with van der Waals surface area (Å²) in [6, 6.07) is 26.6. The van der Waals surface area contributed by atoms with Crippen molar-refractivity contribution in [2.45, 2.75) is 43.6 Å². The molecular formula is C50H46Br2N14O3. The standard InChI is InChI=1S/C25H22BrN7O.C18H15BrN6.C7H9NO2/c1-34-24-5-2-16(9-29-24)12-32-20-7-21(32)15-31(14-20)23-4-3-17(10-28-23)22-6-19(26)13-33-25(22)18(8-27)11-30-33;19-13-3-16(18-12(5-20)7-22-25(18)8-13)11-1-2-17(21-6-11)24-9-14-4-15(10-24)23-14;1-9-6-3-4-7(10-2)8-5-6/h2-6,9-11,13,20-21H,7,12,14-15H2,1H3;1-3,6-8,14-15,23H,4,9-10H2;3-5H,1-2H3. The molecule has 4 bridgehead atoms. The van der Waals surface area contributed by atoms with Crippen LogP contribution in [0.3, 0.4) is 0 Å². The van der Waals surface area contributed by atoms with Gasteiger partial charge in [-0.25, -0.2) is 29.0 Å². The van der Waals surface area contributed by atoms with Crippen molar-refractivity contribution in [2.24, 2.45) is 0 Å². The van der Waals surface area contributed by atoms with Gasteiger partial charge in [0, 0.05) is 131 Å². The molecule has 69 heavy (non-hydrogen) atoms. The summed E-state index contributed by atoms with van der Waals surface area (Å²) in [5.41, 5.74) is 7.75. The van der Waals surface area contributed by atoms with E-state index >= 15 is 0 Å². The van der Waals surface area contributed by atoms with Crippen molar-refractivity contribution >= 4 is 54.5 Å². The Bertz CT molecular complexity index is 3140. The van der Waals surface area contributed by atoms with Crippen LogP contribution in [0.4, 0.5) is 11.6 Å². The first-order valence-corrected chi connectivity index (χ1v) is 23.9. The second-order valence-corrected chi connectivity index (χ2v) is 19.0. The number of nitrogens with zero attached hydrogens (tertiary/aromatic N) is 13. The van der Waals surface area contributed by atoms with Gasteiger partial charge in [-0.05, 0) is 92.7 Å². The Labute approximate surface area is 415 Å². The lowest BCUT2D eigenvalue weighted by Gasteiger charge is -2.56. The molecule has 0 aromatic carbocycles. The number of rotatable bonds is 9. The number of piperazine rings is 2. The number of methoxy groups -OCH3 is 3. The smallest absolute Gasteiger partial charge is 0.213 e. The first-order valence-electron chi connectivity index (χ1n) is 22.3. The molecule has 6 saturated heterocycles. The maximum absolute atomic E-state index is 9.50. The zero-order valence-electron chi connectivity index (χ0n) is 37.9. The highest BCUT2D eigenvalue weighted by Crippen LogP contribution is 2.37. The number of hydrogen-bond acceptors (Lipinski definition) is 15. The molecule has 0 aliphatic carbocycles. The second-order valence-electron chi connectivity index (χ2n) is 17.2. The minimum absolute atomic E-state index is 0.525. The predicted molar refractivity (Wildman–Crippen MR) is 267 cm³/mol. The minimum atomic E-state index is 0.525. The number of nitrogens with one attached hydrogen (secondary N) is 1. The Morgan fingerprint density at radius 2 is 1.13 bits per heavy atom. The van der Waals surface area contributed by atoms with Gasteiger partial charge in [-0.2, -0.15) is 20.7 Å². The maximum atomic E-state index is 9.50. The van der Waals surface area contributed by atoms with Gasteiger partial charge >= 0.3 is 0 Å². The Hall–Kier alpha value is -7.16. The van der Waals surface area contributed by atoms with Gasteiger partial charge < -0.3 is 29.3 Å². The Balaban J connectivity index is 0.000000138. The van der Waals surface area contributed by atoms with E-state index in [1.54, 1.807) is 61.1 Å². The van der Waals surface area contributed by atoms with Crippen LogP contribution >= 0.6 is 31.9 Å². The number of ether oxygens (including phenoxy) is 3. The molecule has 4 atom stereocenters. The molecule has 0 saturated carbocycles. The van der Waals surface area contributed by atoms with Gasteiger partial charge in [0.2, 0.25) is 11.8 Å². The summed E-state index contributed by atoms with van der Waals surface area (Å²) in [6.45, 7) is 4.89. The van der Waals surface area contributed by atoms with Gasteiger partial charge in [0.1, 0.15) is 29.5 Å². The molecule has 4 unspecified atom stereocenters. The number of anilines is 2. The first kappa shape index (κ1) is 45.6. The molecule has 19 heteroatoms. The number of nitriles is 2. The molecule has 8 aromatic rings. The molecule has 0 spiro atoms. The Morgan fingerprint density at radius 3 is 1.57 bits per heavy atom. The predicted octanol–water partition coefficient (Wildman–Crippen LogP) is 7.58. The molecule has 14 rings (SSSR count). The summed E-state index contributed by atoms with van der Waals surface area (Å²) in [4.78, 5) is 25.0. The third-order valence-electron chi connectivity index (χ3n) is 13.0. The van der Waals surface area contributed by atoms with E-state index in [0.717, 1.165) is 92.3 Å². The number of aromatic nitrogens is 8. The lowest BCUT2D eigenvalue weighted by Crippen LogP contribution is -2.68. The molecule has 6 aliphatic rings. The first-order chi connectivity index (χ1) is 33.7. The fraction of sp³-hybridized carbons (Fsp3) is 0.280. The summed E-state index contributed by atoms with van der Waals surface area (Å²) in [5, 5.41) is 31.0. The van der Waals surface area contributed by atoms with E-state index in [0.29, 0.717) is 47.1 Å². The van der Waals surface area contributed by atoms with E-state index < -0.39 is 0 Å². The number of pyridine rings is 6. The second kappa shape index (κ2) is 19.8. The van der Waals surface area contributed by atoms with Gasteiger partial charge in [0.25, 0.3) is 0 Å². The molecule has 14 heterocycles. The largest absolute Gasteiger partial charge is 0.495 e. The molecule has 6 aliphatic heterocycles. The zero-order valence-corrected chi connectivity index (χ0v) is 41.1. The summed E-state index contributed by atoms with van der Waals surface area (Å²) in [5.74, 6) is 3.99. The zero-order chi connectivity index (χ0) is 47.6. The maximum Gasteiger partial charge on any atom is 0.213 e. The molecule has 0 amide bonds. The van der Waals surface area contributed by atoms with Crippen LogP contribution in [0.15, 0.2) is 119 Å². The SMILES string of the molecule is COc1ccc(CN2C3CC2CN(c2ccc(-c4cc(Br)cn5ncc(C#N)c45)cn2)C3)cn1.COc1ccc(OC)nc1.N#Cc1cnn2cc(Br)cc(-c3ccc(N4CC5CC(C4)N5)nc3)c12. The lowest BCUT2D eigenvalue weighted by atomic mass is 9.87. The van der Waals surface area contributed by atoms with E-state index in [-0.39, 0.29) is 0 Å². The fourth-order valence-corrected chi connectivity index (χ4v) is 10.4. The minimum Gasteiger partial charge on any atom is -0.495 e. The average molecular weight is 1050 g/mol. The van der Waals surface area contributed by atoms with Crippen molar-refractivity contribution in [3.8, 4) is 51.9 Å². The topological polar surface area (TPSA) is 183 Å². The van der Waals surface area contributed by atoms with E-state index in [9.17, 15) is 10.5 Å². The van der Waals surface area contributed by atoms with Crippen LogP contribution in [0.1, 0.15) is 29.5 Å². The third kappa shape index (κ3) is 9.51. The quantitative estimate of drug-likeness (QED) is 0.149. The molecule has 17 nitrogen and oxygen atoms in total. The highest BCUT2D eigenvalue weighted by atomic mass is 79.9. The van der Waals surface area contributed by atoms with E-state index in [2.05, 4.69) is 119 Å². The van der Waals surface area contributed by atoms with Crippen LogP contribution < -0.4 is 29.3 Å². The highest BCUT2D eigenvalue weighted by Gasteiger charge is 2.44. The molecule has 8 aromatic heterocycles. The average Bonchev–Trinajstić information content (AvgIpc) is 4.01. The summed E-state index contributed by atoms with van der Waals surface area (Å²) >= 11 is 7.07. The van der Waals surface area contributed by atoms with Crippen molar-refractivity contribution in [3.63, 3.8) is 0 Å². The van der Waals surface area contributed by atoms with Crippen LogP contribution in [0.5, 0.6) is 17.5 Å². The Kier molecular flexibility index (Phi) is 13.1. The number of hydrogen-bond donors (Lipinski definition) is 1. The summed E-state index contributed by atoms with van der Waals surface area (Å²) < 4.78 is 20.2. The molecule has 6 fully saturated rings. The number of piperidine rings is 2. The number of fused-ring (bicyclic) bond motifs is 6. The third-order valence-corrected chi connectivity index (χ3v) is 13.8. The van der Waals surface area contributed by atoms with Crippen LogP contribution in [-0.4, -0.2) is 116 Å². The van der Waals surface area contributed by atoms with E-state index in [1.807, 2.05) is 49.2 Å². The van der Waals surface area contributed by atoms with Crippen LogP contribution in [0.25, 0.3) is 33.3 Å². The van der Waals surface area contributed by atoms with Gasteiger partial charge in [-0.15, -0.1) is 0 Å². The number of halogens is 2. The van der Waals surface area contributed by atoms with Gasteiger partial charge in [-0.1, -0.05) is 6.07 Å². The van der Waals surface area contributed by atoms with Crippen molar-refractivity contribution < 1.29 is 14.2 Å². The summed E-state index contributed by atoms with van der Waals surface area (Å²) in [6.07, 6.45) is 16.7. The van der Waals surface area contributed by atoms with Gasteiger partial charge in [0.05, 0.1) is 62.1 Å². The van der Waals surface area contributed by atoms with Crippen molar-refractivity contribution in [3.05, 3.63) is 136 Å². The molecule has 348 valence electrons.